The molecule has 2 aliphatic heterocycles. The Hall–Kier alpha value is -5.16. The molecule has 2 unspecified atom stereocenters. The molecule has 0 aliphatic carbocycles. The summed E-state index contributed by atoms with van der Waals surface area (Å²) in [7, 11) is 2.75. The highest BCUT2D eigenvalue weighted by molar-refractivity contribution is 7.17. The number of aliphatic hydroxyl groups excluding tert-OH is 1. The lowest BCUT2D eigenvalue weighted by Gasteiger charge is -2.24. The van der Waals surface area contributed by atoms with E-state index >= 15 is 0 Å². The fourth-order valence-electron chi connectivity index (χ4n) is 5.55. The minimum absolute atomic E-state index is 0.0183. The van der Waals surface area contributed by atoms with Gasteiger partial charge in [0.1, 0.15) is 29.1 Å². The summed E-state index contributed by atoms with van der Waals surface area (Å²) in [6.45, 7) is 3.86. The average molecular weight is 627 g/mol. The predicted molar refractivity (Wildman–Crippen MR) is 167 cm³/mol. The van der Waals surface area contributed by atoms with E-state index < -0.39 is 23.7 Å². The zero-order valence-electron chi connectivity index (χ0n) is 25.0. The molecule has 1 amide bonds. The molecule has 2 aliphatic rings. The first-order valence-electron chi connectivity index (χ1n) is 14.2. The van der Waals surface area contributed by atoms with E-state index in [1.165, 1.54) is 19.1 Å². The second-order valence-electron chi connectivity index (χ2n) is 10.7. The molecule has 3 aromatic carbocycles. The standard InChI is InChI=1S/C34H30N2O8S/c1-18-14-23-15-22(11-12-24(23)44-18)29(37)27-28(36(32(39)30(27)38)34-35-19(2)31(45-34)33(40)42-4)21-10-13-25(26(16-21)41-3)43-17-20-8-6-5-7-9-20/h5-13,15-16,18,28,37H,14,17H2,1-4H3. The summed E-state index contributed by atoms with van der Waals surface area (Å²) in [5.41, 5.74) is 2.90. The molecule has 45 heavy (non-hydrogen) atoms. The summed E-state index contributed by atoms with van der Waals surface area (Å²) in [5.74, 6) is -1.21. The van der Waals surface area contributed by atoms with Crippen LogP contribution < -0.4 is 19.1 Å². The molecule has 6 rings (SSSR count). The summed E-state index contributed by atoms with van der Waals surface area (Å²) < 4.78 is 22.4. The topological polar surface area (TPSA) is 124 Å². The Bertz CT molecular complexity index is 1850. The highest BCUT2D eigenvalue weighted by Gasteiger charge is 2.48. The maximum absolute atomic E-state index is 13.7. The predicted octanol–water partition coefficient (Wildman–Crippen LogP) is 5.78. The number of esters is 1. The summed E-state index contributed by atoms with van der Waals surface area (Å²) in [5, 5.41) is 11.8. The molecular formula is C34H30N2O8S. The second kappa shape index (κ2) is 12.1. The van der Waals surface area contributed by atoms with Gasteiger partial charge >= 0.3 is 11.9 Å². The fraction of sp³-hybridized carbons (Fsp3) is 0.235. The second-order valence-corrected chi connectivity index (χ2v) is 11.7. The molecule has 10 nitrogen and oxygen atoms in total. The third kappa shape index (κ3) is 5.51. The number of rotatable bonds is 8. The molecule has 1 N–H and O–H groups in total. The van der Waals surface area contributed by atoms with Gasteiger partial charge < -0.3 is 24.1 Å². The van der Waals surface area contributed by atoms with Gasteiger partial charge in [-0.1, -0.05) is 47.7 Å². The third-order valence-electron chi connectivity index (χ3n) is 7.72. The quantitative estimate of drug-likeness (QED) is 0.112. The summed E-state index contributed by atoms with van der Waals surface area (Å²) in [4.78, 5) is 45.7. The lowest BCUT2D eigenvalue weighted by atomic mass is 9.94. The number of aryl methyl sites for hydroxylation is 1. The summed E-state index contributed by atoms with van der Waals surface area (Å²) >= 11 is 0.929. The molecule has 0 bridgehead atoms. The maximum atomic E-state index is 13.7. The van der Waals surface area contributed by atoms with Crippen LogP contribution in [0.15, 0.2) is 72.3 Å². The van der Waals surface area contributed by atoms with Crippen molar-refractivity contribution in [2.75, 3.05) is 19.1 Å². The van der Waals surface area contributed by atoms with Crippen LogP contribution in [0, 0.1) is 6.92 Å². The van der Waals surface area contributed by atoms with Crippen LogP contribution in [0.5, 0.6) is 17.2 Å². The van der Waals surface area contributed by atoms with Crippen molar-refractivity contribution >= 4 is 39.9 Å². The summed E-state index contributed by atoms with van der Waals surface area (Å²) in [6, 6.07) is 18.8. The molecule has 2 atom stereocenters. The molecule has 0 saturated carbocycles. The molecule has 1 fully saturated rings. The number of amides is 1. The van der Waals surface area contributed by atoms with E-state index in [1.807, 2.05) is 37.3 Å². The van der Waals surface area contributed by atoms with Gasteiger partial charge in [0, 0.05) is 12.0 Å². The normalized spacial score (nSPS) is 18.4. The largest absolute Gasteiger partial charge is 0.507 e. The number of fused-ring (bicyclic) bond motifs is 1. The Balaban J connectivity index is 1.47. The van der Waals surface area contributed by atoms with E-state index in [1.54, 1.807) is 43.3 Å². The highest BCUT2D eigenvalue weighted by Crippen LogP contribution is 2.46. The molecule has 3 heterocycles. The van der Waals surface area contributed by atoms with Gasteiger partial charge in [-0.25, -0.2) is 9.78 Å². The number of ketones is 1. The number of Topliss-reactive ketones (excluding diaryl/α,β-unsaturated/α-hetero) is 1. The van der Waals surface area contributed by atoms with Gasteiger partial charge in [0.15, 0.2) is 16.6 Å². The SMILES string of the molecule is COC(=O)c1sc(N2C(=O)C(=O)C(=C(O)c3ccc4c(c3)CC(C)O4)C2c2ccc(OCc3ccccc3)c(OC)c2)nc1C. The van der Waals surface area contributed by atoms with Crippen molar-refractivity contribution in [3.8, 4) is 17.2 Å². The number of ether oxygens (including phenoxy) is 4. The van der Waals surface area contributed by atoms with Crippen molar-refractivity contribution in [3.63, 3.8) is 0 Å². The molecule has 4 aromatic rings. The van der Waals surface area contributed by atoms with Gasteiger partial charge in [0.05, 0.1) is 31.5 Å². The van der Waals surface area contributed by atoms with Crippen molar-refractivity contribution in [3.05, 3.63) is 105 Å². The van der Waals surface area contributed by atoms with E-state index in [9.17, 15) is 19.5 Å². The number of benzene rings is 3. The number of methoxy groups -OCH3 is 2. The zero-order chi connectivity index (χ0) is 31.8. The van der Waals surface area contributed by atoms with E-state index in [0.29, 0.717) is 47.1 Å². The summed E-state index contributed by atoms with van der Waals surface area (Å²) in [6.07, 6.45) is 0.625. The lowest BCUT2D eigenvalue weighted by molar-refractivity contribution is -0.132. The van der Waals surface area contributed by atoms with Crippen molar-refractivity contribution in [2.24, 2.45) is 0 Å². The number of nitrogens with zero attached hydrogens (tertiary/aromatic N) is 2. The minimum Gasteiger partial charge on any atom is -0.507 e. The monoisotopic (exact) mass is 626 g/mol. The van der Waals surface area contributed by atoms with E-state index in [0.717, 1.165) is 22.5 Å². The van der Waals surface area contributed by atoms with Crippen LogP contribution >= 0.6 is 11.3 Å². The molecule has 230 valence electrons. The van der Waals surface area contributed by atoms with Crippen molar-refractivity contribution in [2.45, 2.75) is 39.0 Å². The average Bonchev–Trinajstić information content (AvgIpc) is 3.70. The first kappa shape index (κ1) is 29.9. The van der Waals surface area contributed by atoms with E-state index in [-0.39, 0.29) is 27.4 Å². The van der Waals surface area contributed by atoms with Gasteiger partial charge in [0.25, 0.3) is 5.78 Å². The number of aromatic nitrogens is 1. The Kier molecular flexibility index (Phi) is 8.03. The first-order chi connectivity index (χ1) is 21.7. The Morgan fingerprint density at radius 2 is 1.84 bits per heavy atom. The van der Waals surface area contributed by atoms with Crippen LogP contribution in [0.1, 0.15) is 50.6 Å². The van der Waals surface area contributed by atoms with Crippen LogP contribution in [0.3, 0.4) is 0 Å². The zero-order valence-corrected chi connectivity index (χ0v) is 25.8. The van der Waals surface area contributed by atoms with Crippen LogP contribution in [0.2, 0.25) is 0 Å². The van der Waals surface area contributed by atoms with Gasteiger partial charge in [-0.3, -0.25) is 14.5 Å². The van der Waals surface area contributed by atoms with Crippen molar-refractivity contribution in [1.82, 2.24) is 4.98 Å². The van der Waals surface area contributed by atoms with Gasteiger partial charge in [0.2, 0.25) is 0 Å². The number of hydrogen-bond acceptors (Lipinski definition) is 10. The number of anilines is 1. The fourth-order valence-corrected chi connectivity index (χ4v) is 6.56. The Labute approximate surface area is 263 Å². The Morgan fingerprint density at radius 3 is 2.58 bits per heavy atom. The number of aliphatic hydroxyl groups is 1. The van der Waals surface area contributed by atoms with Gasteiger partial charge in [-0.05, 0) is 60.9 Å². The van der Waals surface area contributed by atoms with E-state index in [2.05, 4.69) is 4.98 Å². The minimum atomic E-state index is -1.10. The van der Waals surface area contributed by atoms with Crippen LogP contribution in [0.25, 0.3) is 5.76 Å². The highest BCUT2D eigenvalue weighted by atomic mass is 32.1. The van der Waals surface area contributed by atoms with Crippen LogP contribution in [-0.2, 0) is 27.4 Å². The molecule has 0 radical (unpaired) electrons. The molecule has 11 heteroatoms. The maximum Gasteiger partial charge on any atom is 0.350 e. The van der Waals surface area contributed by atoms with Gasteiger partial charge in [-0.15, -0.1) is 0 Å². The molecule has 0 spiro atoms. The number of carbonyl (C=O) groups is 3. The van der Waals surface area contributed by atoms with Gasteiger partial charge in [-0.2, -0.15) is 0 Å². The van der Waals surface area contributed by atoms with E-state index in [4.69, 9.17) is 18.9 Å². The smallest absolute Gasteiger partial charge is 0.350 e. The van der Waals surface area contributed by atoms with Crippen molar-refractivity contribution < 1.29 is 38.4 Å². The molecule has 1 saturated heterocycles. The Morgan fingerprint density at radius 1 is 1.07 bits per heavy atom. The molecule has 1 aromatic heterocycles. The third-order valence-corrected chi connectivity index (χ3v) is 8.85. The van der Waals surface area contributed by atoms with Crippen molar-refractivity contribution in [1.29, 1.82) is 0 Å². The molecular weight excluding hydrogens is 596 g/mol. The number of thiazole rings is 1. The number of carbonyl (C=O) groups excluding carboxylic acids is 3. The lowest BCUT2D eigenvalue weighted by Crippen LogP contribution is -2.29. The number of hydrogen-bond donors (Lipinski definition) is 1. The first-order valence-corrected chi connectivity index (χ1v) is 15.0. The van der Waals surface area contributed by atoms with Crippen LogP contribution in [0.4, 0.5) is 5.13 Å². The van der Waals surface area contributed by atoms with Crippen LogP contribution in [-0.4, -0.2) is 48.1 Å².